The number of phenolic OH excluding ortho intramolecular Hbond substituents is 1. The van der Waals surface area contributed by atoms with Crippen LogP contribution in [0.5, 0.6) is 11.5 Å². The minimum Gasteiger partial charge on any atom is -0.506 e. The smallest absolute Gasteiger partial charge is 0.275 e. The average molecular weight is 293 g/mol. The predicted octanol–water partition coefficient (Wildman–Crippen LogP) is 1.61. The van der Waals surface area contributed by atoms with E-state index in [1.165, 1.54) is 24.5 Å². The maximum absolute atomic E-state index is 12.0. The average Bonchev–Trinajstić information content (AvgIpc) is 2.90. The van der Waals surface area contributed by atoms with E-state index < -0.39 is 0 Å². The van der Waals surface area contributed by atoms with Crippen LogP contribution in [0.2, 0.25) is 0 Å². The van der Waals surface area contributed by atoms with Crippen molar-refractivity contribution in [2.45, 2.75) is 6.42 Å². The molecule has 0 spiro atoms. The van der Waals surface area contributed by atoms with Gasteiger partial charge in [-0.3, -0.25) is 4.79 Å². The summed E-state index contributed by atoms with van der Waals surface area (Å²) in [4.78, 5) is 16.2. The van der Waals surface area contributed by atoms with E-state index in [0.717, 1.165) is 5.01 Å². The number of nitrogens with two attached hydrogens (primary N) is 1. The van der Waals surface area contributed by atoms with E-state index in [1.54, 1.807) is 17.5 Å². The number of aromatic hydroxyl groups is 1. The highest BCUT2D eigenvalue weighted by atomic mass is 32.1. The highest BCUT2D eigenvalue weighted by molar-refractivity contribution is 7.09. The molecule has 1 heterocycles. The minimum atomic E-state index is -0.370. The Kier molecular flexibility index (Phi) is 4.54. The third-order valence-corrected chi connectivity index (χ3v) is 3.50. The molecule has 0 aliphatic heterocycles. The van der Waals surface area contributed by atoms with Crippen molar-refractivity contribution < 1.29 is 14.6 Å². The summed E-state index contributed by atoms with van der Waals surface area (Å²) >= 11 is 1.39. The first-order chi connectivity index (χ1) is 9.63. The van der Waals surface area contributed by atoms with Gasteiger partial charge in [0.05, 0.1) is 17.8 Å². The summed E-state index contributed by atoms with van der Waals surface area (Å²) in [6, 6.07) is 4.64. The number of amides is 1. The van der Waals surface area contributed by atoms with Gasteiger partial charge in [-0.05, 0) is 18.7 Å². The van der Waals surface area contributed by atoms with Crippen molar-refractivity contribution in [2.75, 3.05) is 19.0 Å². The highest BCUT2D eigenvalue weighted by Crippen LogP contribution is 2.28. The van der Waals surface area contributed by atoms with Crippen LogP contribution < -0.4 is 15.8 Å². The van der Waals surface area contributed by atoms with Gasteiger partial charge in [0.25, 0.3) is 5.91 Å². The van der Waals surface area contributed by atoms with Crippen LogP contribution >= 0.6 is 11.3 Å². The first kappa shape index (κ1) is 14.3. The van der Waals surface area contributed by atoms with Gasteiger partial charge in [0.2, 0.25) is 0 Å². The second kappa shape index (κ2) is 6.36. The summed E-state index contributed by atoms with van der Waals surface area (Å²) in [5.41, 5.74) is 6.06. The van der Waals surface area contributed by atoms with Crippen LogP contribution in [0.4, 0.5) is 5.69 Å². The van der Waals surface area contributed by atoms with Crippen molar-refractivity contribution in [1.82, 2.24) is 4.98 Å². The summed E-state index contributed by atoms with van der Waals surface area (Å²) in [6.45, 7) is 0.494. The third-order valence-electron chi connectivity index (χ3n) is 2.60. The number of methoxy groups -OCH3 is 1. The first-order valence-corrected chi connectivity index (χ1v) is 6.85. The molecule has 1 aromatic carbocycles. The van der Waals surface area contributed by atoms with Crippen LogP contribution in [0.15, 0.2) is 23.6 Å². The van der Waals surface area contributed by atoms with Crippen molar-refractivity contribution in [1.29, 1.82) is 0 Å². The van der Waals surface area contributed by atoms with Gasteiger partial charge in [-0.2, -0.15) is 0 Å². The molecule has 0 unspecified atom stereocenters. The number of hydrogen-bond acceptors (Lipinski definition) is 6. The normalized spacial score (nSPS) is 10.3. The lowest BCUT2D eigenvalue weighted by molar-refractivity contribution is 0.102. The van der Waals surface area contributed by atoms with Gasteiger partial charge in [0, 0.05) is 17.9 Å². The number of nitrogens with one attached hydrogen (secondary N) is 1. The monoisotopic (exact) mass is 293 g/mol. The Morgan fingerprint density at radius 3 is 3.00 bits per heavy atom. The number of rotatable bonds is 5. The van der Waals surface area contributed by atoms with Crippen molar-refractivity contribution in [3.05, 3.63) is 34.3 Å². The number of carbonyl (C=O) groups is 1. The van der Waals surface area contributed by atoms with Crippen molar-refractivity contribution in [2.24, 2.45) is 5.73 Å². The number of anilines is 1. The number of hydrogen-bond donors (Lipinski definition) is 3. The molecule has 2 rings (SSSR count). The molecule has 0 fully saturated rings. The summed E-state index contributed by atoms with van der Waals surface area (Å²) in [7, 11) is 1.50. The molecule has 0 radical (unpaired) electrons. The number of aromatic nitrogens is 1. The minimum absolute atomic E-state index is 0.0601. The maximum atomic E-state index is 12.0. The van der Waals surface area contributed by atoms with E-state index in [0.29, 0.717) is 30.1 Å². The Labute approximate surface area is 120 Å². The third kappa shape index (κ3) is 3.25. The molecule has 2 aromatic rings. The summed E-state index contributed by atoms with van der Waals surface area (Å²) in [6.07, 6.45) is 0.645. The molecule has 7 heteroatoms. The van der Waals surface area contributed by atoms with E-state index in [9.17, 15) is 9.90 Å². The molecule has 0 aliphatic carbocycles. The SMILES string of the molecule is COc1ccc(NC(=O)c2csc(CCN)n2)c(O)c1. The Morgan fingerprint density at radius 2 is 2.35 bits per heavy atom. The molecule has 20 heavy (non-hydrogen) atoms. The van der Waals surface area contributed by atoms with Gasteiger partial charge in [0.15, 0.2) is 0 Å². The van der Waals surface area contributed by atoms with Crippen LogP contribution in [-0.2, 0) is 6.42 Å². The first-order valence-electron chi connectivity index (χ1n) is 5.97. The zero-order chi connectivity index (χ0) is 14.5. The Hall–Kier alpha value is -2.12. The fraction of sp³-hybridized carbons (Fsp3) is 0.231. The molecule has 6 nitrogen and oxygen atoms in total. The fourth-order valence-corrected chi connectivity index (χ4v) is 2.38. The summed E-state index contributed by atoms with van der Waals surface area (Å²) < 4.78 is 4.97. The van der Waals surface area contributed by atoms with Crippen LogP contribution in [0.3, 0.4) is 0 Å². The zero-order valence-electron chi connectivity index (χ0n) is 10.9. The van der Waals surface area contributed by atoms with Crippen LogP contribution in [-0.4, -0.2) is 29.7 Å². The van der Waals surface area contributed by atoms with Gasteiger partial charge in [-0.15, -0.1) is 11.3 Å². The number of nitrogens with zero attached hydrogens (tertiary/aromatic N) is 1. The lowest BCUT2D eigenvalue weighted by Crippen LogP contribution is -2.13. The fourth-order valence-electron chi connectivity index (χ4n) is 1.58. The maximum Gasteiger partial charge on any atom is 0.275 e. The van der Waals surface area contributed by atoms with E-state index in [1.807, 2.05) is 0 Å². The lowest BCUT2D eigenvalue weighted by atomic mass is 10.2. The van der Waals surface area contributed by atoms with Crippen LogP contribution in [0, 0.1) is 0 Å². The van der Waals surface area contributed by atoms with E-state index in [2.05, 4.69) is 10.3 Å². The number of ether oxygens (including phenoxy) is 1. The van der Waals surface area contributed by atoms with E-state index in [-0.39, 0.29) is 11.7 Å². The Morgan fingerprint density at radius 1 is 1.55 bits per heavy atom. The molecular weight excluding hydrogens is 278 g/mol. The molecule has 106 valence electrons. The number of carbonyl (C=O) groups excluding carboxylic acids is 1. The predicted molar refractivity (Wildman–Crippen MR) is 77.5 cm³/mol. The Balaban J connectivity index is 2.10. The van der Waals surface area contributed by atoms with Gasteiger partial charge < -0.3 is 20.9 Å². The molecule has 4 N–H and O–H groups in total. The van der Waals surface area contributed by atoms with Gasteiger partial charge in [-0.1, -0.05) is 0 Å². The second-order valence-corrected chi connectivity index (χ2v) is 4.95. The summed E-state index contributed by atoms with van der Waals surface area (Å²) in [5.74, 6) is 0.0829. The molecule has 1 aromatic heterocycles. The highest BCUT2D eigenvalue weighted by Gasteiger charge is 2.13. The second-order valence-electron chi connectivity index (χ2n) is 4.00. The van der Waals surface area contributed by atoms with Gasteiger partial charge >= 0.3 is 0 Å². The number of benzene rings is 1. The summed E-state index contributed by atoms with van der Waals surface area (Å²) in [5, 5.41) is 14.9. The van der Waals surface area contributed by atoms with E-state index in [4.69, 9.17) is 10.5 Å². The largest absolute Gasteiger partial charge is 0.506 e. The van der Waals surface area contributed by atoms with Gasteiger partial charge in [0.1, 0.15) is 17.2 Å². The molecule has 0 bridgehead atoms. The molecule has 0 aliphatic rings. The quantitative estimate of drug-likeness (QED) is 0.728. The molecule has 1 amide bonds. The molecule has 0 saturated heterocycles. The van der Waals surface area contributed by atoms with Crippen LogP contribution in [0.25, 0.3) is 0 Å². The number of phenols is 1. The molecule has 0 atom stereocenters. The van der Waals surface area contributed by atoms with Crippen molar-refractivity contribution in [3.63, 3.8) is 0 Å². The molecule has 0 saturated carbocycles. The van der Waals surface area contributed by atoms with Crippen molar-refractivity contribution in [3.8, 4) is 11.5 Å². The van der Waals surface area contributed by atoms with Gasteiger partial charge in [-0.25, -0.2) is 4.98 Å². The lowest BCUT2D eigenvalue weighted by Gasteiger charge is -2.07. The van der Waals surface area contributed by atoms with Crippen molar-refractivity contribution >= 4 is 22.9 Å². The number of thiazole rings is 1. The van der Waals surface area contributed by atoms with Crippen LogP contribution in [0.1, 0.15) is 15.5 Å². The van der Waals surface area contributed by atoms with E-state index >= 15 is 0 Å². The Bertz CT molecular complexity index is 613. The standard InChI is InChI=1S/C13H15N3O3S/c1-19-8-2-3-9(11(17)6-8)16-13(18)10-7-20-12(15-10)4-5-14/h2-3,6-7,17H,4-5,14H2,1H3,(H,16,18). The molecular formula is C13H15N3O3S. The topological polar surface area (TPSA) is 97.5 Å². The zero-order valence-corrected chi connectivity index (χ0v) is 11.7.